The molecule has 2 aromatic carbocycles. The van der Waals surface area contributed by atoms with Crippen molar-refractivity contribution in [1.29, 1.82) is 0 Å². The molecule has 0 spiro atoms. The van der Waals surface area contributed by atoms with Gasteiger partial charge >= 0.3 is 6.18 Å². The van der Waals surface area contributed by atoms with Crippen molar-refractivity contribution in [3.05, 3.63) is 59.7 Å². The summed E-state index contributed by atoms with van der Waals surface area (Å²) in [6.45, 7) is 0.339. The fraction of sp³-hybridized carbons (Fsp3) is 0.250. The van der Waals surface area contributed by atoms with Crippen molar-refractivity contribution in [3.8, 4) is 17.2 Å². The topological polar surface area (TPSA) is 77.2 Å². The Hall–Kier alpha value is -3.43. The van der Waals surface area contributed by atoms with Gasteiger partial charge in [0.15, 0.2) is 6.61 Å². The molecule has 3 rings (SSSR count). The molecule has 158 valence electrons. The molecule has 1 aromatic heterocycles. The number of ether oxygens (including phenoxy) is 1. The molecule has 30 heavy (non-hydrogen) atoms. The lowest BCUT2D eigenvalue weighted by Crippen LogP contribution is -2.20. The highest BCUT2D eigenvalue weighted by molar-refractivity contribution is 5.92. The standard InChI is InChI=1S/C20H17F4N3O3/c1-12-2-4-13(5-3-12)19-27-26-18(30-19)9-8-17(28)25-15-7-6-14(21)10-16(15)29-11-20(22,23)24/h2-7,10H,8-9,11H2,1H3,(H,25,28). The normalized spacial score (nSPS) is 11.4. The number of nitrogens with zero attached hydrogens (tertiary/aromatic N) is 2. The second-order valence-electron chi connectivity index (χ2n) is 6.46. The van der Waals surface area contributed by atoms with Gasteiger partial charge in [-0.2, -0.15) is 13.2 Å². The van der Waals surface area contributed by atoms with Crippen LogP contribution in [0.2, 0.25) is 0 Å². The number of hydrogen-bond acceptors (Lipinski definition) is 5. The van der Waals surface area contributed by atoms with Crippen LogP contribution in [0.4, 0.5) is 23.2 Å². The first-order valence-corrected chi connectivity index (χ1v) is 8.88. The minimum absolute atomic E-state index is 0.0727. The summed E-state index contributed by atoms with van der Waals surface area (Å²) in [5.41, 5.74) is 1.74. The monoisotopic (exact) mass is 423 g/mol. The summed E-state index contributed by atoms with van der Waals surface area (Å²) in [6, 6.07) is 10.4. The number of anilines is 1. The fourth-order valence-corrected chi connectivity index (χ4v) is 2.48. The molecule has 0 fully saturated rings. The van der Waals surface area contributed by atoms with Crippen LogP contribution in [-0.2, 0) is 11.2 Å². The first-order chi connectivity index (χ1) is 14.2. The van der Waals surface area contributed by atoms with Gasteiger partial charge in [0.2, 0.25) is 17.7 Å². The molecule has 0 aliphatic heterocycles. The van der Waals surface area contributed by atoms with E-state index in [0.29, 0.717) is 5.89 Å². The number of rotatable bonds is 7. The van der Waals surface area contributed by atoms with Crippen molar-refractivity contribution in [2.45, 2.75) is 25.9 Å². The van der Waals surface area contributed by atoms with Gasteiger partial charge in [0.25, 0.3) is 0 Å². The van der Waals surface area contributed by atoms with Crippen molar-refractivity contribution in [1.82, 2.24) is 10.2 Å². The molecule has 0 unspecified atom stereocenters. The second-order valence-corrected chi connectivity index (χ2v) is 6.46. The van der Waals surface area contributed by atoms with Crippen LogP contribution in [0.1, 0.15) is 17.9 Å². The van der Waals surface area contributed by atoms with Crippen LogP contribution in [-0.4, -0.2) is 28.9 Å². The quantitative estimate of drug-likeness (QED) is 0.558. The molecule has 0 radical (unpaired) electrons. The Morgan fingerprint density at radius 1 is 1.13 bits per heavy atom. The number of nitrogens with one attached hydrogen (secondary N) is 1. The zero-order valence-corrected chi connectivity index (χ0v) is 15.8. The summed E-state index contributed by atoms with van der Waals surface area (Å²) in [6.07, 6.45) is -4.56. The molecule has 6 nitrogen and oxygen atoms in total. The summed E-state index contributed by atoms with van der Waals surface area (Å²) in [7, 11) is 0. The lowest BCUT2D eigenvalue weighted by atomic mass is 10.1. The average molecular weight is 423 g/mol. The third-order valence-corrected chi connectivity index (χ3v) is 3.94. The Labute approximate surface area is 168 Å². The van der Waals surface area contributed by atoms with Crippen LogP contribution in [0.15, 0.2) is 46.9 Å². The number of halogens is 4. The van der Waals surface area contributed by atoms with Crippen molar-refractivity contribution in [3.63, 3.8) is 0 Å². The molecular formula is C20H17F4N3O3. The molecule has 0 aliphatic carbocycles. The van der Waals surface area contributed by atoms with Crippen molar-refractivity contribution in [2.24, 2.45) is 0 Å². The number of amides is 1. The highest BCUT2D eigenvalue weighted by Crippen LogP contribution is 2.28. The number of aryl methyl sites for hydroxylation is 2. The second kappa shape index (κ2) is 8.93. The van der Waals surface area contributed by atoms with E-state index in [-0.39, 0.29) is 24.4 Å². The maximum absolute atomic E-state index is 13.3. The Bertz CT molecular complexity index is 1020. The fourth-order valence-electron chi connectivity index (χ4n) is 2.48. The Kier molecular flexibility index (Phi) is 6.34. The number of hydrogen-bond donors (Lipinski definition) is 1. The minimum atomic E-state index is -4.60. The van der Waals surface area contributed by atoms with Gasteiger partial charge in [-0.1, -0.05) is 17.7 Å². The predicted molar refractivity (Wildman–Crippen MR) is 99.4 cm³/mol. The molecule has 3 aromatic rings. The molecule has 1 heterocycles. The highest BCUT2D eigenvalue weighted by atomic mass is 19.4. The van der Waals surface area contributed by atoms with Gasteiger partial charge in [-0.25, -0.2) is 4.39 Å². The lowest BCUT2D eigenvalue weighted by molar-refractivity contribution is -0.153. The average Bonchev–Trinajstić information content (AvgIpc) is 3.15. The van der Waals surface area contributed by atoms with E-state index in [2.05, 4.69) is 20.3 Å². The predicted octanol–water partition coefficient (Wildman–Crippen LogP) is 4.70. The maximum atomic E-state index is 13.3. The number of benzene rings is 2. The first-order valence-electron chi connectivity index (χ1n) is 8.88. The van der Waals surface area contributed by atoms with Crippen molar-refractivity contribution in [2.75, 3.05) is 11.9 Å². The molecule has 0 bridgehead atoms. The molecule has 1 N–H and O–H groups in total. The highest BCUT2D eigenvalue weighted by Gasteiger charge is 2.29. The third-order valence-electron chi connectivity index (χ3n) is 3.94. The molecule has 0 atom stereocenters. The molecule has 0 saturated carbocycles. The van der Waals surface area contributed by atoms with Crippen LogP contribution >= 0.6 is 0 Å². The number of carbonyl (C=O) groups is 1. The Balaban J connectivity index is 1.59. The SMILES string of the molecule is Cc1ccc(-c2nnc(CCC(=O)Nc3ccc(F)cc3OCC(F)(F)F)o2)cc1. The van der Waals surface area contributed by atoms with Gasteiger partial charge in [-0.05, 0) is 31.2 Å². The van der Waals surface area contributed by atoms with Crippen LogP contribution in [0.5, 0.6) is 5.75 Å². The summed E-state index contributed by atoms with van der Waals surface area (Å²) in [4.78, 5) is 12.2. The van der Waals surface area contributed by atoms with E-state index in [4.69, 9.17) is 4.42 Å². The smallest absolute Gasteiger partial charge is 0.422 e. The molecule has 10 heteroatoms. The van der Waals surface area contributed by atoms with Gasteiger partial charge in [0.1, 0.15) is 11.6 Å². The van der Waals surface area contributed by atoms with Crippen molar-refractivity contribution >= 4 is 11.6 Å². The molecule has 1 amide bonds. The van der Waals surface area contributed by atoms with Gasteiger partial charge in [-0.15, -0.1) is 10.2 Å². The molecule has 0 aliphatic rings. The lowest BCUT2D eigenvalue weighted by Gasteiger charge is -2.14. The third kappa shape index (κ3) is 6.03. The van der Waals surface area contributed by atoms with Crippen LogP contribution < -0.4 is 10.1 Å². The summed E-state index contributed by atoms with van der Waals surface area (Å²) >= 11 is 0. The van der Waals surface area contributed by atoms with Gasteiger partial charge < -0.3 is 14.5 Å². The Morgan fingerprint density at radius 3 is 2.57 bits per heavy atom. The van der Waals surface area contributed by atoms with Crippen LogP contribution in [0.3, 0.4) is 0 Å². The summed E-state index contributed by atoms with van der Waals surface area (Å²) in [5.74, 6) is -1.20. The number of aromatic nitrogens is 2. The van der Waals surface area contributed by atoms with Gasteiger partial charge in [0.05, 0.1) is 5.69 Å². The largest absolute Gasteiger partial charge is 0.482 e. The van der Waals surface area contributed by atoms with Crippen LogP contribution in [0.25, 0.3) is 11.5 Å². The van der Waals surface area contributed by atoms with E-state index in [0.717, 1.165) is 29.3 Å². The maximum Gasteiger partial charge on any atom is 0.422 e. The van der Waals surface area contributed by atoms with E-state index in [1.165, 1.54) is 0 Å². The van der Waals surface area contributed by atoms with E-state index in [1.807, 2.05) is 31.2 Å². The number of carbonyl (C=O) groups excluding carboxylic acids is 1. The van der Waals surface area contributed by atoms with E-state index in [1.54, 1.807) is 0 Å². The van der Waals surface area contributed by atoms with E-state index >= 15 is 0 Å². The Morgan fingerprint density at radius 2 is 1.87 bits per heavy atom. The minimum Gasteiger partial charge on any atom is -0.482 e. The van der Waals surface area contributed by atoms with Gasteiger partial charge in [0, 0.05) is 24.5 Å². The molecule has 0 saturated heterocycles. The van der Waals surface area contributed by atoms with Crippen LogP contribution in [0, 0.1) is 12.7 Å². The van der Waals surface area contributed by atoms with Gasteiger partial charge in [-0.3, -0.25) is 4.79 Å². The van der Waals surface area contributed by atoms with E-state index in [9.17, 15) is 22.4 Å². The van der Waals surface area contributed by atoms with E-state index < -0.39 is 30.3 Å². The summed E-state index contributed by atoms with van der Waals surface area (Å²) < 4.78 is 60.5. The zero-order chi connectivity index (χ0) is 21.7. The number of alkyl halides is 3. The molecular weight excluding hydrogens is 406 g/mol. The first kappa shape index (κ1) is 21.3. The van der Waals surface area contributed by atoms with Crippen molar-refractivity contribution < 1.29 is 31.5 Å². The zero-order valence-electron chi connectivity index (χ0n) is 15.8. The summed E-state index contributed by atoms with van der Waals surface area (Å²) in [5, 5.41) is 10.2.